The molecule has 0 heterocycles. The highest BCUT2D eigenvalue weighted by molar-refractivity contribution is 5.76. The molecule has 3 N–H and O–H groups in total. The number of aliphatic hydroxyl groups is 1. The van der Waals surface area contributed by atoms with Gasteiger partial charge in [0, 0.05) is 13.0 Å². The molecule has 1 amide bonds. The molecule has 0 bridgehead atoms. The fraction of sp³-hybridized carbons (Fsp3) is 0.889. The minimum Gasteiger partial charge on any atom is -0.394 e. The van der Waals surface area contributed by atoms with E-state index < -0.39 is 0 Å². The van der Waals surface area contributed by atoms with E-state index in [1.165, 1.54) is 0 Å². The van der Waals surface area contributed by atoms with Gasteiger partial charge in [0.2, 0.25) is 5.91 Å². The van der Waals surface area contributed by atoms with Crippen LogP contribution < -0.4 is 10.6 Å². The Morgan fingerprint density at radius 3 is 2.62 bits per heavy atom. The van der Waals surface area contributed by atoms with Gasteiger partial charge in [-0.05, 0) is 13.0 Å². The second kappa shape index (κ2) is 8.01. The van der Waals surface area contributed by atoms with Crippen molar-refractivity contribution in [2.75, 3.05) is 19.7 Å². The normalized spacial score (nSPS) is 12.5. The Labute approximate surface area is 79.7 Å². The first kappa shape index (κ1) is 12.4. The van der Waals surface area contributed by atoms with Crippen LogP contribution in [-0.2, 0) is 4.79 Å². The van der Waals surface area contributed by atoms with Crippen LogP contribution in [0, 0.1) is 0 Å². The summed E-state index contributed by atoms with van der Waals surface area (Å²) in [6.07, 6.45) is 1.24. The first-order valence-electron chi connectivity index (χ1n) is 4.85. The quantitative estimate of drug-likeness (QED) is 0.488. The Kier molecular flexibility index (Phi) is 7.63. The van der Waals surface area contributed by atoms with E-state index in [0.29, 0.717) is 13.0 Å². The predicted molar refractivity (Wildman–Crippen MR) is 52.5 cm³/mol. The smallest absolute Gasteiger partial charge is 0.221 e. The molecule has 78 valence electrons. The van der Waals surface area contributed by atoms with Crippen molar-refractivity contribution >= 4 is 5.91 Å². The number of aliphatic hydroxyl groups excluding tert-OH is 1. The highest BCUT2D eigenvalue weighted by atomic mass is 16.3. The molecule has 4 nitrogen and oxygen atoms in total. The summed E-state index contributed by atoms with van der Waals surface area (Å²) in [6, 6.07) is -0.0888. The van der Waals surface area contributed by atoms with Crippen LogP contribution in [0.15, 0.2) is 0 Å². The fourth-order valence-corrected chi connectivity index (χ4v) is 0.955. The number of nitrogens with one attached hydrogen (secondary N) is 2. The van der Waals surface area contributed by atoms with E-state index in [-0.39, 0.29) is 18.6 Å². The van der Waals surface area contributed by atoms with Crippen molar-refractivity contribution in [3.05, 3.63) is 0 Å². The molecule has 0 fully saturated rings. The van der Waals surface area contributed by atoms with Crippen LogP contribution in [0.1, 0.15) is 26.7 Å². The first-order chi connectivity index (χ1) is 6.24. The molecule has 1 atom stereocenters. The summed E-state index contributed by atoms with van der Waals surface area (Å²) in [5.41, 5.74) is 0. The molecule has 0 saturated carbocycles. The summed E-state index contributed by atoms with van der Waals surface area (Å²) in [6.45, 7) is 5.53. The van der Waals surface area contributed by atoms with E-state index in [1.807, 2.05) is 13.8 Å². The maximum absolute atomic E-state index is 11.2. The van der Waals surface area contributed by atoms with Crippen molar-refractivity contribution < 1.29 is 9.90 Å². The summed E-state index contributed by atoms with van der Waals surface area (Å²) in [5.74, 6) is 0.00171. The van der Waals surface area contributed by atoms with Gasteiger partial charge in [0.25, 0.3) is 0 Å². The minimum atomic E-state index is -0.0888. The van der Waals surface area contributed by atoms with Crippen molar-refractivity contribution in [3.63, 3.8) is 0 Å². The van der Waals surface area contributed by atoms with Crippen LogP contribution in [0.4, 0.5) is 0 Å². The van der Waals surface area contributed by atoms with Gasteiger partial charge in [-0.25, -0.2) is 0 Å². The van der Waals surface area contributed by atoms with E-state index in [0.717, 1.165) is 13.0 Å². The molecule has 4 heteroatoms. The highest BCUT2D eigenvalue weighted by Gasteiger charge is 2.07. The van der Waals surface area contributed by atoms with E-state index in [9.17, 15) is 4.79 Å². The molecule has 0 saturated heterocycles. The van der Waals surface area contributed by atoms with Crippen LogP contribution in [-0.4, -0.2) is 36.8 Å². The monoisotopic (exact) mass is 188 g/mol. The van der Waals surface area contributed by atoms with Gasteiger partial charge in [0.1, 0.15) is 0 Å². The van der Waals surface area contributed by atoms with Crippen LogP contribution in [0.2, 0.25) is 0 Å². The third-order valence-electron chi connectivity index (χ3n) is 1.86. The standard InChI is InChI=1S/C9H20N2O2/c1-3-8(7-12)11-9(13)5-6-10-4-2/h8,10,12H,3-7H2,1-2H3,(H,11,13)/t8-/m1/s1. The van der Waals surface area contributed by atoms with Gasteiger partial charge in [0.05, 0.1) is 12.6 Å². The number of hydrogen-bond donors (Lipinski definition) is 3. The number of carbonyl (C=O) groups excluding carboxylic acids is 1. The average Bonchev–Trinajstić information content (AvgIpc) is 2.14. The van der Waals surface area contributed by atoms with Crippen LogP contribution in [0.25, 0.3) is 0 Å². The van der Waals surface area contributed by atoms with Crippen molar-refractivity contribution in [1.29, 1.82) is 0 Å². The maximum Gasteiger partial charge on any atom is 0.221 e. The summed E-state index contributed by atoms with van der Waals surface area (Å²) in [4.78, 5) is 11.2. The zero-order valence-electron chi connectivity index (χ0n) is 8.47. The predicted octanol–water partition coefficient (Wildman–Crippen LogP) is -0.127. The lowest BCUT2D eigenvalue weighted by atomic mass is 10.2. The molecule has 0 spiro atoms. The Morgan fingerprint density at radius 2 is 2.15 bits per heavy atom. The SMILES string of the molecule is CCNCCC(=O)N[C@H](CC)CO. The molecule has 0 aromatic carbocycles. The van der Waals surface area contributed by atoms with Gasteiger partial charge < -0.3 is 15.7 Å². The first-order valence-corrected chi connectivity index (χ1v) is 4.85. The summed E-state index contributed by atoms with van der Waals surface area (Å²) >= 11 is 0. The second-order valence-electron chi connectivity index (χ2n) is 2.96. The zero-order valence-corrected chi connectivity index (χ0v) is 8.47. The molecule has 0 aliphatic heterocycles. The van der Waals surface area contributed by atoms with Crippen LogP contribution >= 0.6 is 0 Å². The molecule has 13 heavy (non-hydrogen) atoms. The molecule has 0 aliphatic carbocycles. The van der Waals surface area contributed by atoms with Crippen LogP contribution in [0.3, 0.4) is 0 Å². The minimum absolute atomic E-state index is 0.00171. The third kappa shape index (κ3) is 6.54. The topological polar surface area (TPSA) is 61.4 Å². The Hall–Kier alpha value is -0.610. The van der Waals surface area contributed by atoms with Gasteiger partial charge >= 0.3 is 0 Å². The second-order valence-corrected chi connectivity index (χ2v) is 2.96. The van der Waals surface area contributed by atoms with Crippen molar-refractivity contribution in [2.24, 2.45) is 0 Å². The zero-order chi connectivity index (χ0) is 10.1. The largest absolute Gasteiger partial charge is 0.394 e. The summed E-state index contributed by atoms with van der Waals surface area (Å²) in [7, 11) is 0. The Balaban J connectivity index is 3.48. The van der Waals surface area contributed by atoms with Gasteiger partial charge in [0.15, 0.2) is 0 Å². The lowest BCUT2D eigenvalue weighted by Gasteiger charge is -2.13. The molecule has 0 unspecified atom stereocenters. The van der Waals surface area contributed by atoms with Gasteiger partial charge in [-0.15, -0.1) is 0 Å². The molecule has 0 aromatic rings. The lowest BCUT2D eigenvalue weighted by molar-refractivity contribution is -0.122. The number of carbonyl (C=O) groups is 1. The van der Waals surface area contributed by atoms with Crippen molar-refractivity contribution in [3.8, 4) is 0 Å². The summed E-state index contributed by atoms with van der Waals surface area (Å²) in [5, 5.41) is 14.6. The van der Waals surface area contributed by atoms with Crippen molar-refractivity contribution in [1.82, 2.24) is 10.6 Å². The highest BCUT2D eigenvalue weighted by Crippen LogP contribution is 1.89. The van der Waals surface area contributed by atoms with Gasteiger partial charge in [-0.1, -0.05) is 13.8 Å². The Bertz CT molecular complexity index is 136. The molecule has 0 aromatic heterocycles. The van der Waals surface area contributed by atoms with E-state index in [2.05, 4.69) is 10.6 Å². The number of hydrogen-bond acceptors (Lipinski definition) is 3. The molecule has 0 rings (SSSR count). The van der Waals surface area contributed by atoms with Gasteiger partial charge in [-0.3, -0.25) is 4.79 Å². The molecule has 0 aliphatic rings. The third-order valence-corrected chi connectivity index (χ3v) is 1.86. The summed E-state index contributed by atoms with van der Waals surface area (Å²) < 4.78 is 0. The molecule has 0 radical (unpaired) electrons. The van der Waals surface area contributed by atoms with Crippen LogP contribution in [0.5, 0.6) is 0 Å². The maximum atomic E-state index is 11.2. The van der Waals surface area contributed by atoms with E-state index in [4.69, 9.17) is 5.11 Å². The Morgan fingerprint density at radius 1 is 1.46 bits per heavy atom. The lowest BCUT2D eigenvalue weighted by Crippen LogP contribution is -2.38. The van der Waals surface area contributed by atoms with E-state index in [1.54, 1.807) is 0 Å². The van der Waals surface area contributed by atoms with Gasteiger partial charge in [-0.2, -0.15) is 0 Å². The molecular formula is C9H20N2O2. The van der Waals surface area contributed by atoms with Crippen molar-refractivity contribution in [2.45, 2.75) is 32.7 Å². The number of rotatable bonds is 7. The van der Waals surface area contributed by atoms with E-state index >= 15 is 0 Å². The number of amides is 1. The molecular weight excluding hydrogens is 168 g/mol. The fourth-order valence-electron chi connectivity index (χ4n) is 0.955. The average molecular weight is 188 g/mol.